The highest BCUT2D eigenvalue weighted by molar-refractivity contribution is 5.85. The number of carbonyl (C=O) groups excluding carboxylic acids is 1. The van der Waals surface area contributed by atoms with Gasteiger partial charge in [0, 0.05) is 19.7 Å². The third kappa shape index (κ3) is 4.18. The molecular formula is C11H21NO4. The zero-order valence-electron chi connectivity index (χ0n) is 10.6. The summed E-state index contributed by atoms with van der Waals surface area (Å²) in [6, 6.07) is -0.0405. The lowest BCUT2D eigenvalue weighted by Gasteiger charge is -2.33. The van der Waals surface area contributed by atoms with E-state index in [9.17, 15) is 9.59 Å². The summed E-state index contributed by atoms with van der Waals surface area (Å²) in [7, 11) is 1.47. The Labute approximate surface area is 96.4 Å². The summed E-state index contributed by atoms with van der Waals surface area (Å²) in [4.78, 5) is 24.1. The normalized spacial score (nSPS) is 11.6. The van der Waals surface area contributed by atoms with Gasteiger partial charge in [-0.1, -0.05) is 0 Å². The summed E-state index contributed by atoms with van der Waals surface area (Å²) in [6.07, 6.45) is -0.0519. The topological polar surface area (TPSA) is 66.8 Å². The zero-order chi connectivity index (χ0) is 12.9. The number of hydrogen-bond acceptors (Lipinski definition) is 3. The van der Waals surface area contributed by atoms with E-state index in [1.807, 2.05) is 13.8 Å². The Balaban J connectivity index is 4.66. The second-order valence-electron chi connectivity index (χ2n) is 4.45. The third-order valence-corrected chi connectivity index (χ3v) is 2.48. The van der Waals surface area contributed by atoms with Gasteiger partial charge in [-0.3, -0.25) is 9.59 Å². The fourth-order valence-corrected chi connectivity index (χ4v) is 1.24. The number of rotatable bonds is 6. The first-order valence-electron chi connectivity index (χ1n) is 5.30. The van der Waals surface area contributed by atoms with Gasteiger partial charge in [0.1, 0.15) is 5.60 Å². The lowest BCUT2D eigenvalue weighted by Crippen LogP contribution is -2.49. The summed E-state index contributed by atoms with van der Waals surface area (Å²) in [5.41, 5.74) is -0.914. The van der Waals surface area contributed by atoms with Crippen LogP contribution in [0, 0.1) is 0 Å². The molecule has 0 atom stereocenters. The Morgan fingerprint density at radius 1 is 1.38 bits per heavy atom. The molecule has 0 saturated heterocycles. The molecule has 0 aromatic heterocycles. The molecule has 0 aromatic rings. The molecule has 5 nitrogen and oxygen atoms in total. The molecule has 0 spiro atoms. The van der Waals surface area contributed by atoms with Gasteiger partial charge in [0.05, 0.1) is 6.42 Å². The molecule has 1 amide bonds. The smallest absolute Gasteiger partial charge is 0.305 e. The molecule has 0 fully saturated rings. The molecule has 0 aliphatic rings. The summed E-state index contributed by atoms with van der Waals surface area (Å²) in [6.45, 7) is 7.26. The standard InChI is InChI=1S/C11H21NO4/c1-8(2)12(7-6-9(13)14)10(15)11(3,4)16-5/h8H,6-7H2,1-5H3,(H,13,14). The van der Waals surface area contributed by atoms with Crippen LogP contribution in [0.2, 0.25) is 0 Å². The average Bonchev–Trinajstić information content (AvgIpc) is 2.16. The number of carboxylic acid groups (broad SMARTS) is 1. The van der Waals surface area contributed by atoms with Crippen molar-refractivity contribution in [3.8, 4) is 0 Å². The van der Waals surface area contributed by atoms with Gasteiger partial charge in [-0.15, -0.1) is 0 Å². The highest BCUT2D eigenvalue weighted by atomic mass is 16.5. The van der Waals surface area contributed by atoms with Crippen LogP contribution in [0.3, 0.4) is 0 Å². The quantitative estimate of drug-likeness (QED) is 0.744. The van der Waals surface area contributed by atoms with E-state index in [-0.39, 0.29) is 24.9 Å². The molecule has 0 saturated carbocycles. The summed E-state index contributed by atoms with van der Waals surface area (Å²) >= 11 is 0. The Morgan fingerprint density at radius 2 is 1.88 bits per heavy atom. The first kappa shape index (κ1) is 14.9. The molecular weight excluding hydrogens is 210 g/mol. The summed E-state index contributed by atoms with van der Waals surface area (Å²) in [5, 5.41) is 8.62. The Bertz CT molecular complexity index is 261. The average molecular weight is 231 g/mol. The summed E-state index contributed by atoms with van der Waals surface area (Å²) < 4.78 is 5.10. The van der Waals surface area contributed by atoms with E-state index in [0.717, 1.165) is 0 Å². The first-order chi connectivity index (χ1) is 7.22. The van der Waals surface area contributed by atoms with Crippen molar-refractivity contribution in [1.82, 2.24) is 4.90 Å². The van der Waals surface area contributed by atoms with E-state index in [4.69, 9.17) is 9.84 Å². The first-order valence-corrected chi connectivity index (χ1v) is 5.30. The second-order valence-corrected chi connectivity index (χ2v) is 4.45. The van der Waals surface area contributed by atoms with E-state index in [2.05, 4.69) is 0 Å². The van der Waals surface area contributed by atoms with Gasteiger partial charge in [0.2, 0.25) is 0 Å². The molecule has 94 valence electrons. The van der Waals surface area contributed by atoms with Gasteiger partial charge in [-0.05, 0) is 27.7 Å². The van der Waals surface area contributed by atoms with Gasteiger partial charge in [-0.2, -0.15) is 0 Å². The SMILES string of the molecule is COC(C)(C)C(=O)N(CCC(=O)O)C(C)C. The van der Waals surface area contributed by atoms with Gasteiger partial charge in [0.15, 0.2) is 0 Å². The third-order valence-electron chi connectivity index (χ3n) is 2.48. The number of methoxy groups -OCH3 is 1. The van der Waals surface area contributed by atoms with Crippen molar-refractivity contribution in [2.75, 3.05) is 13.7 Å². The fourth-order valence-electron chi connectivity index (χ4n) is 1.24. The number of ether oxygens (including phenoxy) is 1. The molecule has 0 heterocycles. The minimum Gasteiger partial charge on any atom is -0.481 e. The van der Waals surface area contributed by atoms with E-state index >= 15 is 0 Å². The van der Waals surface area contributed by atoms with Crippen LogP contribution in [-0.2, 0) is 14.3 Å². The van der Waals surface area contributed by atoms with Crippen molar-refractivity contribution in [3.63, 3.8) is 0 Å². The molecule has 0 aromatic carbocycles. The molecule has 1 N–H and O–H groups in total. The van der Waals surface area contributed by atoms with Crippen molar-refractivity contribution < 1.29 is 19.4 Å². The number of aliphatic carboxylic acids is 1. The molecule has 5 heteroatoms. The van der Waals surface area contributed by atoms with Crippen LogP contribution in [0.1, 0.15) is 34.1 Å². The van der Waals surface area contributed by atoms with Crippen molar-refractivity contribution in [1.29, 1.82) is 0 Å². The van der Waals surface area contributed by atoms with Crippen molar-refractivity contribution in [3.05, 3.63) is 0 Å². The van der Waals surface area contributed by atoms with Crippen molar-refractivity contribution in [2.24, 2.45) is 0 Å². The Kier molecular flexibility index (Phi) is 5.44. The van der Waals surface area contributed by atoms with E-state index in [1.165, 1.54) is 12.0 Å². The predicted molar refractivity (Wildman–Crippen MR) is 60.2 cm³/mol. The number of hydrogen-bond donors (Lipinski definition) is 1. The van der Waals surface area contributed by atoms with Gasteiger partial charge < -0.3 is 14.7 Å². The molecule has 0 aliphatic carbocycles. The van der Waals surface area contributed by atoms with E-state index in [1.54, 1.807) is 13.8 Å². The number of nitrogens with zero attached hydrogens (tertiary/aromatic N) is 1. The largest absolute Gasteiger partial charge is 0.481 e. The van der Waals surface area contributed by atoms with Crippen molar-refractivity contribution >= 4 is 11.9 Å². The summed E-state index contributed by atoms with van der Waals surface area (Å²) in [5.74, 6) is -1.10. The van der Waals surface area contributed by atoms with Gasteiger partial charge >= 0.3 is 5.97 Å². The van der Waals surface area contributed by atoms with Crippen LogP contribution in [0.5, 0.6) is 0 Å². The fraction of sp³-hybridized carbons (Fsp3) is 0.818. The van der Waals surface area contributed by atoms with Crippen molar-refractivity contribution in [2.45, 2.75) is 45.8 Å². The number of amides is 1. The number of carbonyl (C=O) groups is 2. The minimum atomic E-state index is -0.914. The maximum Gasteiger partial charge on any atom is 0.305 e. The lowest BCUT2D eigenvalue weighted by molar-refractivity contribution is -0.153. The van der Waals surface area contributed by atoms with Crippen LogP contribution in [0.25, 0.3) is 0 Å². The molecule has 0 rings (SSSR count). The molecule has 0 unspecified atom stereocenters. The zero-order valence-corrected chi connectivity index (χ0v) is 10.6. The molecule has 16 heavy (non-hydrogen) atoms. The molecule has 0 bridgehead atoms. The van der Waals surface area contributed by atoms with Crippen LogP contribution in [-0.4, -0.2) is 47.2 Å². The maximum absolute atomic E-state index is 12.1. The van der Waals surface area contributed by atoms with E-state index in [0.29, 0.717) is 0 Å². The Morgan fingerprint density at radius 3 is 2.19 bits per heavy atom. The lowest BCUT2D eigenvalue weighted by atomic mass is 10.1. The highest BCUT2D eigenvalue weighted by Crippen LogP contribution is 2.15. The number of carboxylic acids is 1. The van der Waals surface area contributed by atoms with Crippen LogP contribution in [0.15, 0.2) is 0 Å². The van der Waals surface area contributed by atoms with Crippen LogP contribution < -0.4 is 0 Å². The van der Waals surface area contributed by atoms with Crippen LogP contribution in [0.4, 0.5) is 0 Å². The molecule has 0 aliphatic heterocycles. The van der Waals surface area contributed by atoms with Gasteiger partial charge in [0.25, 0.3) is 5.91 Å². The van der Waals surface area contributed by atoms with E-state index < -0.39 is 11.6 Å². The maximum atomic E-state index is 12.1. The Hall–Kier alpha value is -1.10. The monoisotopic (exact) mass is 231 g/mol. The van der Waals surface area contributed by atoms with Gasteiger partial charge in [-0.25, -0.2) is 0 Å². The minimum absolute atomic E-state index is 0.0405. The second kappa shape index (κ2) is 5.84. The highest BCUT2D eigenvalue weighted by Gasteiger charge is 2.33. The van der Waals surface area contributed by atoms with Crippen LogP contribution >= 0.6 is 0 Å². The predicted octanol–water partition coefficient (Wildman–Crippen LogP) is 1.12. The molecule has 0 radical (unpaired) electrons.